The molecule has 4 nitrogen and oxygen atoms in total. The lowest BCUT2D eigenvalue weighted by Gasteiger charge is -2.39. The molecule has 1 unspecified atom stereocenters. The van der Waals surface area contributed by atoms with Crippen molar-refractivity contribution in [3.05, 3.63) is 29.8 Å². The lowest BCUT2D eigenvalue weighted by atomic mass is 9.82. The van der Waals surface area contributed by atoms with E-state index in [1.54, 1.807) is 7.11 Å². The van der Waals surface area contributed by atoms with Crippen molar-refractivity contribution in [2.75, 3.05) is 26.7 Å². The zero-order valence-electron chi connectivity index (χ0n) is 12.8. The molecule has 1 atom stereocenters. The first-order valence-corrected chi connectivity index (χ1v) is 7.13. The van der Waals surface area contributed by atoms with Crippen LogP contribution < -0.4 is 10.1 Å². The number of rotatable bonds is 3. The molecule has 0 spiro atoms. The van der Waals surface area contributed by atoms with Gasteiger partial charge in [0.25, 0.3) is 0 Å². The minimum absolute atomic E-state index is 0.191. The summed E-state index contributed by atoms with van der Waals surface area (Å²) in [5.41, 5.74) is 0.506. The number of methoxy groups -OCH3 is 1. The van der Waals surface area contributed by atoms with E-state index in [1.165, 1.54) is 0 Å². The van der Waals surface area contributed by atoms with Crippen molar-refractivity contribution in [2.24, 2.45) is 0 Å². The Labute approximate surface area is 121 Å². The standard InChI is InChI=1S/C16H24N2O2/c1-12-11-17-9-10-18(12)15(19)16(2,3)13-5-7-14(20-4)8-6-13/h5-8,12,17H,9-11H2,1-4H3. The molecule has 1 aliphatic heterocycles. The minimum Gasteiger partial charge on any atom is -0.497 e. The fourth-order valence-corrected chi connectivity index (χ4v) is 2.63. The summed E-state index contributed by atoms with van der Waals surface area (Å²) in [5.74, 6) is 1.00. The largest absolute Gasteiger partial charge is 0.497 e. The van der Waals surface area contributed by atoms with Gasteiger partial charge in [-0.2, -0.15) is 0 Å². The minimum atomic E-state index is -0.516. The Bertz CT molecular complexity index is 468. The summed E-state index contributed by atoms with van der Waals surface area (Å²) >= 11 is 0. The van der Waals surface area contributed by atoms with Crippen LogP contribution in [0.25, 0.3) is 0 Å². The molecule has 0 bridgehead atoms. The van der Waals surface area contributed by atoms with Crippen molar-refractivity contribution in [3.8, 4) is 5.75 Å². The first-order chi connectivity index (χ1) is 9.46. The highest BCUT2D eigenvalue weighted by Crippen LogP contribution is 2.28. The molecule has 110 valence electrons. The van der Waals surface area contributed by atoms with Crippen LogP contribution in [-0.2, 0) is 10.2 Å². The quantitative estimate of drug-likeness (QED) is 0.915. The molecule has 4 heteroatoms. The van der Waals surface area contributed by atoms with Gasteiger partial charge in [-0.3, -0.25) is 4.79 Å². The third-order valence-electron chi connectivity index (χ3n) is 4.11. The van der Waals surface area contributed by atoms with Crippen molar-refractivity contribution >= 4 is 5.91 Å². The number of ether oxygens (including phenoxy) is 1. The zero-order valence-corrected chi connectivity index (χ0v) is 12.8. The van der Waals surface area contributed by atoms with E-state index in [2.05, 4.69) is 12.2 Å². The van der Waals surface area contributed by atoms with E-state index in [0.29, 0.717) is 0 Å². The number of nitrogens with one attached hydrogen (secondary N) is 1. The van der Waals surface area contributed by atoms with Crippen molar-refractivity contribution < 1.29 is 9.53 Å². The third-order valence-corrected chi connectivity index (χ3v) is 4.11. The summed E-state index contributed by atoms with van der Waals surface area (Å²) in [5, 5.41) is 3.32. The van der Waals surface area contributed by atoms with E-state index in [4.69, 9.17) is 4.74 Å². The van der Waals surface area contributed by atoms with E-state index in [9.17, 15) is 4.79 Å². The van der Waals surface area contributed by atoms with Gasteiger partial charge in [-0.25, -0.2) is 0 Å². The number of benzene rings is 1. The third kappa shape index (κ3) is 2.80. The van der Waals surface area contributed by atoms with Gasteiger partial charge in [0, 0.05) is 25.7 Å². The van der Waals surface area contributed by atoms with E-state index >= 15 is 0 Å². The molecule has 1 N–H and O–H groups in total. The molecule has 0 aliphatic carbocycles. The SMILES string of the molecule is COc1ccc(C(C)(C)C(=O)N2CCNCC2C)cc1. The first kappa shape index (κ1) is 14.9. The van der Waals surface area contributed by atoms with E-state index in [-0.39, 0.29) is 11.9 Å². The fraction of sp³-hybridized carbons (Fsp3) is 0.562. The zero-order chi connectivity index (χ0) is 14.8. The van der Waals surface area contributed by atoms with Gasteiger partial charge in [-0.1, -0.05) is 12.1 Å². The van der Waals surface area contributed by atoms with Crippen molar-refractivity contribution in [1.29, 1.82) is 0 Å². The van der Waals surface area contributed by atoms with Crippen LogP contribution in [0.2, 0.25) is 0 Å². The van der Waals surface area contributed by atoms with Crippen LogP contribution in [0.15, 0.2) is 24.3 Å². The summed E-state index contributed by atoms with van der Waals surface area (Å²) < 4.78 is 5.17. The summed E-state index contributed by atoms with van der Waals surface area (Å²) in [6.45, 7) is 8.59. The molecule has 1 aromatic carbocycles. The second-order valence-corrected chi connectivity index (χ2v) is 5.91. The number of hydrogen-bond acceptors (Lipinski definition) is 3. The molecule has 0 aromatic heterocycles. The Kier molecular flexibility index (Phi) is 4.33. The highest BCUT2D eigenvalue weighted by molar-refractivity contribution is 5.87. The number of piperazine rings is 1. The molecule has 1 saturated heterocycles. The fourth-order valence-electron chi connectivity index (χ4n) is 2.63. The molecule has 1 heterocycles. The van der Waals surface area contributed by atoms with Gasteiger partial charge in [0.2, 0.25) is 5.91 Å². The molecule has 20 heavy (non-hydrogen) atoms. The maximum absolute atomic E-state index is 12.9. The van der Waals surface area contributed by atoms with Crippen molar-refractivity contribution in [1.82, 2.24) is 10.2 Å². The summed E-state index contributed by atoms with van der Waals surface area (Å²) in [4.78, 5) is 14.8. The Hall–Kier alpha value is -1.55. The number of nitrogens with zero attached hydrogens (tertiary/aromatic N) is 1. The molecular weight excluding hydrogens is 252 g/mol. The topological polar surface area (TPSA) is 41.6 Å². The monoisotopic (exact) mass is 276 g/mol. The van der Waals surface area contributed by atoms with E-state index in [0.717, 1.165) is 30.9 Å². The van der Waals surface area contributed by atoms with Crippen LogP contribution in [0.5, 0.6) is 5.75 Å². The number of hydrogen-bond donors (Lipinski definition) is 1. The van der Waals surface area contributed by atoms with Crippen molar-refractivity contribution in [2.45, 2.75) is 32.2 Å². The normalized spacial score (nSPS) is 19.8. The average Bonchev–Trinajstić information content (AvgIpc) is 2.47. The van der Waals surface area contributed by atoms with Crippen LogP contribution in [0, 0.1) is 0 Å². The Morgan fingerprint density at radius 2 is 2.00 bits per heavy atom. The molecule has 1 aliphatic rings. The number of amides is 1. The molecule has 0 saturated carbocycles. The van der Waals surface area contributed by atoms with E-state index in [1.807, 2.05) is 43.0 Å². The Morgan fingerprint density at radius 1 is 1.35 bits per heavy atom. The maximum atomic E-state index is 12.9. The molecule has 1 amide bonds. The average molecular weight is 276 g/mol. The predicted molar refractivity (Wildman–Crippen MR) is 80.1 cm³/mol. The van der Waals surface area contributed by atoms with Crippen LogP contribution in [-0.4, -0.2) is 43.6 Å². The lowest BCUT2D eigenvalue weighted by molar-refractivity contribution is -0.139. The Morgan fingerprint density at radius 3 is 2.55 bits per heavy atom. The highest BCUT2D eigenvalue weighted by atomic mass is 16.5. The van der Waals surface area contributed by atoms with Crippen LogP contribution in [0.4, 0.5) is 0 Å². The van der Waals surface area contributed by atoms with Crippen LogP contribution in [0.3, 0.4) is 0 Å². The summed E-state index contributed by atoms with van der Waals surface area (Å²) in [7, 11) is 1.65. The highest BCUT2D eigenvalue weighted by Gasteiger charge is 2.36. The smallest absolute Gasteiger partial charge is 0.232 e. The van der Waals surface area contributed by atoms with Gasteiger partial charge in [0.05, 0.1) is 12.5 Å². The van der Waals surface area contributed by atoms with Gasteiger partial charge in [-0.15, -0.1) is 0 Å². The van der Waals surface area contributed by atoms with Gasteiger partial charge in [0.1, 0.15) is 5.75 Å². The van der Waals surface area contributed by atoms with Crippen molar-refractivity contribution in [3.63, 3.8) is 0 Å². The molecule has 0 radical (unpaired) electrons. The summed E-state index contributed by atoms with van der Waals surface area (Å²) in [6, 6.07) is 8.01. The predicted octanol–water partition coefficient (Wildman–Crippen LogP) is 1.79. The van der Waals surface area contributed by atoms with E-state index < -0.39 is 5.41 Å². The van der Waals surface area contributed by atoms with Gasteiger partial charge < -0.3 is 15.0 Å². The van der Waals surface area contributed by atoms with Gasteiger partial charge in [-0.05, 0) is 38.5 Å². The second-order valence-electron chi connectivity index (χ2n) is 5.91. The molecule has 2 rings (SSSR count). The van der Waals surface area contributed by atoms with Gasteiger partial charge in [0.15, 0.2) is 0 Å². The maximum Gasteiger partial charge on any atom is 0.232 e. The van der Waals surface area contributed by atoms with Crippen LogP contribution in [0.1, 0.15) is 26.3 Å². The lowest BCUT2D eigenvalue weighted by Crippen LogP contribution is -2.56. The second kappa shape index (κ2) is 5.83. The van der Waals surface area contributed by atoms with Crippen LogP contribution >= 0.6 is 0 Å². The molecular formula is C16H24N2O2. The molecule has 1 aromatic rings. The van der Waals surface area contributed by atoms with Gasteiger partial charge >= 0.3 is 0 Å². The summed E-state index contributed by atoms with van der Waals surface area (Å²) in [6.07, 6.45) is 0. The number of carbonyl (C=O) groups excluding carboxylic acids is 1. The Balaban J connectivity index is 2.21. The molecule has 1 fully saturated rings. The first-order valence-electron chi connectivity index (χ1n) is 7.13. The number of carbonyl (C=O) groups is 1.